The number of hydrogen-bond acceptors (Lipinski definition) is 7. The topological polar surface area (TPSA) is 94.1 Å². The van der Waals surface area contributed by atoms with Crippen molar-refractivity contribution in [3.63, 3.8) is 0 Å². The maximum Gasteiger partial charge on any atom is 0.344 e. The number of benzene rings is 2. The molecule has 2 N–H and O–H groups in total. The maximum atomic E-state index is 11.7. The molecule has 1 atom stereocenters. The van der Waals surface area contributed by atoms with Gasteiger partial charge >= 0.3 is 5.97 Å². The monoisotopic (exact) mass is 518 g/mol. The number of rotatable bonds is 7. The Morgan fingerprint density at radius 1 is 1.22 bits per heavy atom. The van der Waals surface area contributed by atoms with Crippen molar-refractivity contribution in [3.05, 3.63) is 83.2 Å². The van der Waals surface area contributed by atoms with Crippen LogP contribution in [0.3, 0.4) is 0 Å². The number of esters is 1. The number of pyridine rings is 1. The molecule has 0 spiro atoms. The SMILES string of the molecule is CCOC(=O)COc1ccc2c(c1)/C(=N/NC(=S)Nc1ccc(C)cc1C)CC(C)(c1cccnc1)O2. The molecule has 2 heterocycles. The van der Waals surface area contributed by atoms with E-state index in [9.17, 15) is 4.79 Å². The minimum absolute atomic E-state index is 0.185. The predicted molar refractivity (Wildman–Crippen MR) is 147 cm³/mol. The number of ether oxygens (including phenoxy) is 3. The molecule has 8 nitrogen and oxygen atoms in total. The number of aryl methyl sites for hydroxylation is 2. The van der Waals surface area contributed by atoms with Crippen molar-refractivity contribution in [2.75, 3.05) is 18.5 Å². The Hall–Kier alpha value is -3.98. The zero-order chi connectivity index (χ0) is 26.4. The minimum Gasteiger partial charge on any atom is -0.482 e. The molecule has 2 aromatic carbocycles. The molecule has 1 unspecified atom stereocenters. The van der Waals surface area contributed by atoms with Crippen LogP contribution in [0.15, 0.2) is 66.0 Å². The van der Waals surface area contributed by atoms with E-state index in [1.54, 1.807) is 31.5 Å². The van der Waals surface area contributed by atoms with E-state index in [1.807, 2.05) is 51.1 Å². The zero-order valence-corrected chi connectivity index (χ0v) is 22.1. The number of carbonyl (C=O) groups is 1. The normalized spacial score (nSPS) is 17.4. The number of hydrazone groups is 1. The molecule has 0 fully saturated rings. The molecule has 3 aromatic rings. The van der Waals surface area contributed by atoms with E-state index >= 15 is 0 Å². The third-order valence-corrected chi connectivity index (χ3v) is 6.15. The summed E-state index contributed by atoms with van der Waals surface area (Å²) in [5, 5.41) is 8.24. The molecule has 1 aliphatic rings. The zero-order valence-electron chi connectivity index (χ0n) is 21.3. The van der Waals surface area contributed by atoms with Gasteiger partial charge in [-0.15, -0.1) is 0 Å². The summed E-state index contributed by atoms with van der Waals surface area (Å²) >= 11 is 5.52. The van der Waals surface area contributed by atoms with E-state index in [1.165, 1.54) is 5.56 Å². The van der Waals surface area contributed by atoms with Crippen LogP contribution in [0, 0.1) is 13.8 Å². The van der Waals surface area contributed by atoms with Gasteiger partial charge in [-0.05, 0) is 75.8 Å². The smallest absolute Gasteiger partial charge is 0.344 e. The lowest BCUT2D eigenvalue weighted by Gasteiger charge is -2.36. The van der Waals surface area contributed by atoms with Gasteiger partial charge in [0.05, 0.1) is 12.3 Å². The maximum absolute atomic E-state index is 11.7. The molecule has 0 amide bonds. The number of nitrogens with zero attached hydrogens (tertiary/aromatic N) is 2. The van der Waals surface area contributed by atoms with Crippen molar-refractivity contribution < 1.29 is 19.0 Å². The fraction of sp³-hybridized carbons (Fsp3) is 0.286. The van der Waals surface area contributed by atoms with Crippen molar-refractivity contribution in [3.8, 4) is 11.5 Å². The van der Waals surface area contributed by atoms with Crippen LogP contribution in [-0.2, 0) is 15.1 Å². The number of carbonyl (C=O) groups excluding carboxylic acids is 1. The van der Waals surface area contributed by atoms with Gasteiger partial charge in [0.2, 0.25) is 0 Å². The van der Waals surface area contributed by atoms with E-state index in [-0.39, 0.29) is 6.61 Å². The summed E-state index contributed by atoms with van der Waals surface area (Å²) in [6, 6.07) is 15.3. The number of nitrogens with one attached hydrogen (secondary N) is 2. The van der Waals surface area contributed by atoms with Crippen LogP contribution in [0.2, 0.25) is 0 Å². The molecule has 0 radical (unpaired) electrons. The Bertz CT molecular complexity index is 1330. The molecule has 9 heteroatoms. The molecule has 1 aromatic heterocycles. The van der Waals surface area contributed by atoms with Gasteiger partial charge in [0.15, 0.2) is 11.7 Å². The first-order valence-corrected chi connectivity index (χ1v) is 12.4. The average Bonchev–Trinajstić information content (AvgIpc) is 2.88. The third kappa shape index (κ3) is 6.42. The molecule has 0 aliphatic carbocycles. The second-order valence-electron chi connectivity index (χ2n) is 8.95. The fourth-order valence-corrected chi connectivity index (χ4v) is 4.27. The summed E-state index contributed by atoms with van der Waals surface area (Å²) in [7, 11) is 0. The average molecular weight is 519 g/mol. The van der Waals surface area contributed by atoms with Crippen molar-refractivity contribution in [1.82, 2.24) is 10.4 Å². The van der Waals surface area contributed by atoms with E-state index < -0.39 is 11.6 Å². The van der Waals surface area contributed by atoms with Gasteiger partial charge in [-0.2, -0.15) is 5.10 Å². The molecular weight excluding hydrogens is 488 g/mol. The highest BCUT2D eigenvalue weighted by Crippen LogP contribution is 2.40. The first-order chi connectivity index (χ1) is 17.8. The Balaban J connectivity index is 1.61. The van der Waals surface area contributed by atoms with E-state index in [0.717, 1.165) is 28.1 Å². The predicted octanol–water partition coefficient (Wildman–Crippen LogP) is 5.03. The van der Waals surface area contributed by atoms with Crippen molar-refractivity contribution in [1.29, 1.82) is 0 Å². The largest absolute Gasteiger partial charge is 0.482 e. The number of aromatic nitrogens is 1. The molecule has 37 heavy (non-hydrogen) atoms. The summed E-state index contributed by atoms with van der Waals surface area (Å²) < 4.78 is 17.0. The van der Waals surface area contributed by atoms with Gasteiger partial charge in [0.1, 0.15) is 17.1 Å². The summed E-state index contributed by atoms with van der Waals surface area (Å²) in [6.07, 6.45) is 3.97. The van der Waals surface area contributed by atoms with Gasteiger partial charge in [0.25, 0.3) is 0 Å². The van der Waals surface area contributed by atoms with Gasteiger partial charge in [-0.25, -0.2) is 4.79 Å². The van der Waals surface area contributed by atoms with Gasteiger partial charge in [-0.1, -0.05) is 23.8 Å². The van der Waals surface area contributed by atoms with E-state index in [2.05, 4.69) is 26.9 Å². The lowest BCUT2D eigenvalue weighted by atomic mass is 9.86. The summed E-state index contributed by atoms with van der Waals surface area (Å²) in [5.74, 6) is 0.706. The summed E-state index contributed by atoms with van der Waals surface area (Å²) in [5.41, 5.74) is 7.84. The van der Waals surface area contributed by atoms with Crippen LogP contribution >= 0.6 is 12.2 Å². The van der Waals surface area contributed by atoms with Crippen LogP contribution < -0.4 is 20.2 Å². The standard InChI is InChI=1S/C28H30N4O4S/c1-5-34-26(33)17-35-21-9-11-25-22(14-21)24(15-28(4,36-25)20-7-6-12-29-16-20)31-32-27(37)30-23-10-8-18(2)13-19(23)3/h6-14,16H,5,15,17H2,1-4H3,(H2,30,32,37)/b31-24+. The summed E-state index contributed by atoms with van der Waals surface area (Å²) in [6.45, 7) is 7.94. The van der Waals surface area contributed by atoms with Crippen molar-refractivity contribution in [2.45, 2.75) is 39.7 Å². The number of anilines is 1. The molecule has 0 saturated heterocycles. The quantitative estimate of drug-likeness (QED) is 0.256. The molecule has 192 valence electrons. The Kier molecular flexibility index (Phi) is 8.03. The van der Waals surface area contributed by atoms with Crippen LogP contribution in [0.5, 0.6) is 11.5 Å². The van der Waals surface area contributed by atoms with Crippen LogP contribution in [-0.4, -0.2) is 35.0 Å². The summed E-state index contributed by atoms with van der Waals surface area (Å²) in [4.78, 5) is 16.0. The van der Waals surface area contributed by atoms with Gasteiger partial charge in [0, 0.05) is 35.6 Å². The molecule has 0 bridgehead atoms. The number of hydrogen-bond donors (Lipinski definition) is 2. The van der Waals surface area contributed by atoms with Gasteiger partial charge < -0.3 is 19.5 Å². The first-order valence-electron chi connectivity index (χ1n) is 12.0. The molecule has 4 rings (SSSR count). The molecule has 0 saturated carbocycles. The highest BCUT2D eigenvalue weighted by molar-refractivity contribution is 7.80. The van der Waals surface area contributed by atoms with Crippen molar-refractivity contribution >= 4 is 34.7 Å². The molecular formula is C28H30N4O4S. The van der Waals surface area contributed by atoms with Crippen LogP contribution in [0.4, 0.5) is 5.69 Å². The number of thiocarbonyl (C=S) groups is 1. The second kappa shape index (κ2) is 11.4. The van der Waals surface area contributed by atoms with Crippen LogP contribution in [0.25, 0.3) is 0 Å². The Morgan fingerprint density at radius 3 is 2.78 bits per heavy atom. The highest BCUT2D eigenvalue weighted by Gasteiger charge is 2.37. The number of fused-ring (bicyclic) bond motifs is 1. The lowest BCUT2D eigenvalue weighted by molar-refractivity contribution is -0.145. The lowest BCUT2D eigenvalue weighted by Crippen LogP contribution is -2.38. The third-order valence-electron chi connectivity index (χ3n) is 5.96. The van der Waals surface area contributed by atoms with Crippen molar-refractivity contribution in [2.24, 2.45) is 5.10 Å². The first kappa shape index (κ1) is 26.1. The van der Waals surface area contributed by atoms with Gasteiger partial charge in [-0.3, -0.25) is 10.4 Å². The van der Waals surface area contributed by atoms with Crippen LogP contribution in [0.1, 0.15) is 42.5 Å². The minimum atomic E-state index is -0.697. The highest BCUT2D eigenvalue weighted by atomic mass is 32.1. The second-order valence-corrected chi connectivity index (χ2v) is 9.35. The van der Waals surface area contributed by atoms with E-state index in [0.29, 0.717) is 29.6 Å². The Morgan fingerprint density at radius 2 is 2.05 bits per heavy atom. The fourth-order valence-electron chi connectivity index (χ4n) is 4.11. The molecule has 1 aliphatic heterocycles. The Labute approximate surface area is 222 Å². The van der Waals surface area contributed by atoms with E-state index in [4.69, 9.17) is 26.4 Å².